The number of amides is 1. The van der Waals surface area contributed by atoms with Crippen LogP contribution in [-0.2, 0) is 6.18 Å². The standard InChI is InChI=1S/C16H8ClF4N3O2/c17-9-3-1-2-7(4-9)14-23-24-15(26-14)12-10(13(22)25)5-8(6-11(12)18)16(19,20)21/h1-6H,(H2,22,25). The highest BCUT2D eigenvalue weighted by Gasteiger charge is 2.34. The number of carbonyl (C=O) groups is 1. The van der Waals surface area contributed by atoms with E-state index >= 15 is 0 Å². The monoisotopic (exact) mass is 385 g/mol. The lowest BCUT2D eigenvalue weighted by Crippen LogP contribution is -2.16. The Morgan fingerprint density at radius 2 is 1.81 bits per heavy atom. The van der Waals surface area contributed by atoms with Gasteiger partial charge in [0.1, 0.15) is 5.82 Å². The number of nitrogens with zero attached hydrogens (tertiary/aromatic N) is 2. The molecule has 10 heteroatoms. The maximum absolute atomic E-state index is 14.3. The van der Waals surface area contributed by atoms with Crippen molar-refractivity contribution in [3.05, 3.63) is 58.4 Å². The Morgan fingerprint density at radius 3 is 2.42 bits per heavy atom. The zero-order valence-electron chi connectivity index (χ0n) is 12.6. The lowest BCUT2D eigenvalue weighted by Gasteiger charge is -2.11. The molecule has 134 valence electrons. The van der Waals surface area contributed by atoms with Gasteiger partial charge >= 0.3 is 6.18 Å². The number of nitrogens with two attached hydrogens (primary N) is 1. The number of benzene rings is 2. The molecule has 0 bridgehead atoms. The molecule has 0 saturated heterocycles. The number of halogens is 5. The van der Waals surface area contributed by atoms with Crippen LogP contribution in [0.15, 0.2) is 40.8 Å². The first-order valence-corrected chi connectivity index (χ1v) is 7.35. The van der Waals surface area contributed by atoms with Crippen LogP contribution in [0.2, 0.25) is 5.02 Å². The molecule has 3 rings (SSSR count). The van der Waals surface area contributed by atoms with E-state index in [2.05, 4.69) is 10.2 Å². The van der Waals surface area contributed by atoms with E-state index < -0.39 is 40.5 Å². The van der Waals surface area contributed by atoms with Crippen LogP contribution in [0.4, 0.5) is 17.6 Å². The van der Waals surface area contributed by atoms with Crippen LogP contribution in [-0.4, -0.2) is 16.1 Å². The molecule has 0 unspecified atom stereocenters. The summed E-state index contributed by atoms with van der Waals surface area (Å²) in [6.45, 7) is 0. The van der Waals surface area contributed by atoms with Crippen LogP contribution in [0.25, 0.3) is 22.9 Å². The molecule has 1 amide bonds. The molecule has 26 heavy (non-hydrogen) atoms. The number of carbonyl (C=O) groups excluding carboxylic acids is 1. The smallest absolute Gasteiger partial charge is 0.416 e. The molecule has 2 aromatic carbocycles. The van der Waals surface area contributed by atoms with Crippen molar-refractivity contribution >= 4 is 17.5 Å². The number of hydrogen-bond acceptors (Lipinski definition) is 4. The van der Waals surface area contributed by atoms with Gasteiger partial charge in [-0.05, 0) is 30.3 Å². The lowest BCUT2D eigenvalue weighted by atomic mass is 10.0. The third-order valence-corrected chi connectivity index (χ3v) is 3.63. The van der Waals surface area contributed by atoms with Gasteiger partial charge in [0.2, 0.25) is 11.8 Å². The molecule has 0 aliphatic carbocycles. The minimum atomic E-state index is -4.86. The maximum atomic E-state index is 14.3. The highest BCUT2D eigenvalue weighted by atomic mass is 35.5. The van der Waals surface area contributed by atoms with Gasteiger partial charge in [-0.25, -0.2) is 4.39 Å². The second-order valence-electron chi connectivity index (χ2n) is 5.17. The molecule has 1 aromatic heterocycles. The third-order valence-electron chi connectivity index (χ3n) is 3.39. The van der Waals surface area contributed by atoms with Gasteiger partial charge in [0.15, 0.2) is 0 Å². The van der Waals surface area contributed by atoms with Gasteiger partial charge in [-0.2, -0.15) is 13.2 Å². The Hall–Kier alpha value is -2.94. The summed E-state index contributed by atoms with van der Waals surface area (Å²) in [5, 5.41) is 7.68. The zero-order chi connectivity index (χ0) is 19.1. The van der Waals surface area contributed by atoms with Crippen molar-refractivity contribution in [3.63, 3.8) is 0 Å². The topological polar surface area (TPSA) is 82.0 Å². The summed E-state index contributed by atoms with van der Waals surface area (Å²) in [5.74, 6) is -3.18. The minimum absolute atomic E-state index is 0.0581. The van der Waals surface area contributed by atoms with Crippen molar-refractivity contribution in [2.45, 2.75) is 6.18 Å². The van der Waals surface area contributed by atoms with Crippen LogP contribution in [0, 0.1) is 5.82 Å². The Kier molecular flexibility index (Phi) is 4.41. The fraction of sp³-hybridized carbons (Fsp3) is 0.0625. The second-order valence-corrected chi connectivity index (χ2v) is 5.60. The first-order chi connectivity index (χ1) is 12.2. The summed E-state index contributed by atoms with van der Waals surface area (Å²) in [7, 11) is 0. The number of primary amides is 1. The highest BCUT2D eigenvalue weighted by Crippen LogP contribution is 2.35. The van der Waals surface area contributed by atoms with Crippen molar-refractivity contribution in [2.24, 2.45) is 5.73 Å². The molecule has 0 radical (unpaired) electrons. The molecule has 0 saturated carbocycles. The van der Waals surface area contributed by atoms with E-state index in [0.29, 0.717) is 16.7 Å². The molecule has 0 spiro atoms. The van der Waals surface area contributed by atoms with E-state index in [-0.39, 0.29) is 12.0 Å². The van der Waals surface area contributed by atoms with Gasteiger partial charge in [0, 0.05) is 10.6 Å². The maximum Gasteiger partial charge on any atom is 0.416 e. The predicted octanol–water partition coefficient (Wildman–Crippen LogP) is 4.31. The highest BCUT2D eigenvalue weighted by molar-refractivity contribution is 6.30. The molecular formula is C16H8ClF4N3O2. The molecule has 0 aliphatic rings. The second kappa shape index (κ2) is 6.41. The lowest BCUT2D eigenvalue weighted by molar-refractivity contribution is -0.137. The van der Waals surface area contributed by atoms with Gasteiger partial charge in [-0.1, -0.05) is 17.7 Å². The molecule has 5 nitrogen and oxygen atoms in total. The largest absolute Gasteiger partial charge is 0.416 e. The van der Waals surface area contributed by atoms with Gasteiger partial charge in [-0.3, -0.25) is 4.79 Å². The SMILES string of the molecule is NC(=O)c1cc(C(F)(F)F)cc(F)c1-c1nnc(-c2cccc(Cl)c2)o1. The van der Waals surface area contributed by atoms with Crippen LogP contribution in [0.1, 0.15) is 15.9 Å². The first kappa shape index (κ1) is 17.9. The van der Waals surface area contributed by atoms with Crippen molar-refractivity contribution in [2.75, 3.05) is 0 Å². The van der Waals surface area contributed by atoms with Crippen molar-refractivity contribution < 1.29 is 26.8 Å². The predicted molar refractivity (Wildman–Crippen MR) is 83.7 cm³/mol. The minimum Gasteiger partial charge on any atom is -0.416 e. The Labute approximate surface area is 148 Å². The molecule has 0 atom stereocenters. The van der Waals surface area contributed by atoms with E-state index in [4.69, 9.17) is 21.8 Å². The average molecular weight is 386 g/mol. The van der Waals surface area contributed by atoms with E-state index in [1.807, 2.05) is 0 Å². The van der Waals surface area contributed by atoms with Crippen molar-refractivity contribution in [3.8, 4) is 22.9 Å². The van der Waals surface area contributed by atoms with Crippen LogP contribution in [0.5, 0.6) is 0 Å². The van der Waals surface area contributed by atoms with Crippen molar-refractivity contribution in [1.82, 2.24) is 10.2 Å². The van der Waals surface area contributed by atoms with E-state index in [9.17, 15) is 22.4 Å². The number of alkyl halides is 3. The average Bonchev–Trinajstić information content (AvgIpc) is 3.02. The Morgan fingerprint density at radius 1 is 1.12 bits per heavy atom. The van der Waals surface area contributed by atoms with Gasteiger partial charge in [0.25, 0.3) is 5.89 Å². The summed E-state index contributed by atoms with van der Waals surface area (Å²) in [6, 6.07) is 6.95. The van der Waals surface area contributed by atoms with Gasteiger partial charge < -0.3 is 10.2 Å². The summed E-state index contributed by atoms with van der Waals surface area (Å²) < 4.78 is 58.1. The molecule has 0 fully saturated rings. The third kappa shape index (κ3) is 3.38. The van der Waals surface area contributed by atoms with E-state index in [1.165, 1.54) is 6.07 Å². The zero-order valence-corrected chi connectivity index (χ0v) is 13.4. The first-order valence-electron chi connectivity index (χ1n) is 6.97. The molecule has 1 heterocycles. The molecule has 0 aliphatic heterocycles. The Balaban J connectivity index is 2.14. The van der Waals surface area contributed by atoms with E-state index in [1.54, 1.807) is 18.2 Å². The fourth-order valence-electron chi connectivity index (χ4n) is 2.24. The number of hydrogen-bond donors (Lipinski definition) is 1. The normalized spacial score (nSPS) is 11.6. The fourth-order valence-corrected chi connectivity index (χ4v) is 2.43. The summed E-state index contributed by atoms with van der Waals surface area (Å²) >= 11 is 5.85. The van der Waals surface area contributed by atoms with Gasteiger partial charge in [-0.15, -0.1) is 10.2 Å². The Bertz CT molecular complexity index is 1000. The van der Waals surface area contributed by atoms with Crippen LogP contribution in [0.3, 0.4) is 0 Å². The summed E-state index contributed by atoms with van der Waals surface area (Å²) in [5.41, 5.74) is 2.81. The molecule has 2 N–H and O–H groups in total. The van der Waals surface area contributed by atoms with E-state index in [0.717, 1.165) is 0 Å². The quantitative estimate of drug-likeness (QED) is 0.681. The molecule has 3 aromatic rings. The van der Waals surface area contributed by atoms with Crippen molar-refractivity contribution in [1.29, 1.82) is 0 Å². The number of aromatic nitrogens is 2. The number of rotatable bonds is 3. The summed E-state index contributed by atoms with van der Waals surface area (Å²) in [4.78, 5) is 11.5. The van der Waals surface area contributed by atoms with Crippen LogP contribution < -0.4 is 5.73 Å². The summed E-state index contributed by atoms with van der Waals surface area (Å²) in [6.07, 6.45) is -4.86. The van der Waals surface area contributed by atoms with Crippen LogP contribution >= 0.6 is 11.6 Å². The molecular weight excluding hydrogens is 378 g/mol. The van der Waals surface area contributed by atoms with Gasteiger partial charge in [0.05, 0.1) is 16.7 Å².